The Labute approximate surface area is 189 Å². The fourth-order valence-corrected chi connectivity index (χ4v) is 3.24. The molecule has 0 aliphatic carbocycles. The van der Waals surface area contributed by atoms with Crippen LogP contribution in [0.1, 0.15) is 38.7 Å². The average molecular weight is 520 g/mol. The van der Waals surface area contributed by atoms with Gasteiger partial charge in [0.15, 0.2) is 11.1 Å². The third kappa shape index (κ3) is 7.61. The predicted molar refractivity (Wildman–Crippen MR) is 126 cm³/mol. The summed E-state index contributed by atoms with van der Waals surface area (Å²) in [5.41, 5.74) is 1.08. The summed E-state index contributed by atoms with van der Waals surface area (Å²) >= 11 is 1.65. The lowest BCUT2D eigenvalue weighted by molar-refractivity contribution is 0.477. The molecule has 0 radical (unpaired) electrons. The number of aryl methyl sites for hydroxylation is 2. The zero-order valence-corrected chi connectivity index (χ0v) is 20.6. The van der Waals surface area contributed by atoms with E-state index in [0.717, 1.165) is 55.1 Å². The Hall–Kier alpha value is -1.30. The fraction of sp³-hybridized carbons (Fsp3) is 0.667. The SMILES string of the molecule is CCNC(=NCc1ccnn1C)NCCCc1nnc(SC)n1CC(C)C.I. The maximum absolute atomic E-state index is 4.63. The number of thioether (sulfide) groups is 1. The van der Waals surface area contributed by atoms with Crippen molar-refractivity contribution in [2.24, 2.45) is 18.0 Å². The zero-order valence-electron chi connectivity index (χ0n) is 17.5. The number of aromatic nitrogens is 5. The Morgan fingerprint density at radius 3 is 2.68 bits per heavy atom. The maximum atomic E-state index is 4.63. The average Bonchev–Trinajstić information content (AvgIpc) is 3.22. The zero-order chi connectivity index (χ0) is 19.6. The molecule has 2 rings (SSSR count). The summed E-state index contributed by atoms with van der Waals surface area (Å²) in [7, 11) is 1.93. The Balaban J connectivity index is 0.00000392. The van der Waals surface area contributed by atoms with Crippen LogP contribution in [0.2, 0.25) is 0 Å². The first-order valence-electron chi connectivity index (χ1n) is 9.50. The van der Waals surface area contributed by atoms with Crippen LogP contribution < -0.4 is 10.6 Å². The molecule has 2 aromatic heterocycles. The van der Waals surface area contributed by atoms with Gasteiger partial charge in [-0.25, -0.2) is 4.99 Å². The first kappa shape index (κ1) is 24.7. The molecule has 2 N–H and O–H groups in total. The predicted octanol–water partition coefficient (Wildman–Crippen LogP) is 2.70. The summed E-state index contributed by atoms with van der Waals surface area (Å²) in [5.74, 6) is 2.46. The molecule has 0 aliphatic rings. The van der Waals surface area contributed by atoms with Crippen molar-refractivity contribution >= 4 is 41.7 Å². The molecule has 28 heavy (non-hydrogen) atoms. The van der Waals surface area contributed by atoms with E-state index in [2.05, 4.69) is 56.3 Å². The highest BCUT2D eigenvalue weighted by Crippen LogP contribution is 2.16. The van der Waals surface area contributed by atoms with Gasteiger partial charge in [0.25, 0.3) is 0 Å². The highest BCUT2D eigenvalue weighted by atomic mass is 127. The van der Waals surface area contributed by atoms with Gasteiger partial charge in [0.2, 0.25) is 0 Å². The third-order valence-corrected chi connectivity index (χ3v) is 4.73. The second kappa shape index (κ2) is 13.0. The Morgan fingerprint density at radius 1 is 1.29 bits per heavy atom. The summed E-state index contributed by atoms with van der Waals surface area (Å²) in [5, 5.41) is 20.6. The van der Waals surface area contributed by atoms with Crippen LogP contribution in [0.5, 0.6) is 0 Å². The van der Waals surface area contributed by atoms with Crippen molar-refractivity contribution in [3.63, 3.8) is 0 Å². The van der Waals surface area contributed by atoms with E-state index in [4.69, 9.17) is 0 Å². The molecule has 0 unspecified atom stereocenters. The van der Waals surface area contributed by atoms with Crippen LogP contribution in [-0.2, 0) is 26.6 Å². The minimum Gasteiger partial charge on any atom is -0.357 e. The summed E-state index contributed by atoms with van der Waals surface area (Å²) in [6.07, 6.45) is 5.71. The van der Waals surface area contributed by atoms with Crippen molar-refractivity contribution < 1.29 is 0 Å². The van der Waals surface area contributed by atoms with Crippen molar-refractivity contribution in [3.8, 4) is 0 Å². The van der Waals surface area contributed by atoms with Gasteiger partial charge >= 0.3 is 0 Å². The van der Waals surface area contributed by atoms with Gasteiger partial charge in [0, 0.05) is 39.3 Å². The standard InChI is InChI=1S/C18H32N8S.HI/c1-6-19-17(21-12-15-9-11-22-25(15)4)20-10-7-8-16-23-24-18(27-5)26(16)13-14(2)3;/h9,11,14H,6-8,10,12-13H2,1-5H3,(H2,19,20,21);1H. The number of guanidine groups is 1. The summed E-state index contributed by atoms with van der Waals surface area (Å²) in [6.45, 7) is 9.73. The molecule has 0 amide bonds. The van der Waals surface area contributed by atoms with Crippen LogP contribution in [0.15, 0.2) is 22.4 Å². The van der Waals surface area contributed by atoms with Gasteiger partial charge in [-0.3, -0.25) is 4.68 Å². The Bertz CT molecular complexity index is 725. The molecule has 0 aliphatic heterocycles. The van der Waals surface area contributed by atoms with E-state index in [1.165, 1.54) is 0 Å². The molecular formula is C18H33IN8S. The first-order valence-corrected chi connectivity index (χ1v) is 10.7. The number of nitrogens with zero attached hydrogens (tertiary/aromatic N) is 6. The lowest BCUT2D eigenvalue weighted by Gasteiger charge is -2.13. The Kier molecular flexibility index (Phi) is 11.5. The molecule has 10 heteroatoms. The molecule has 0 bridgehead atoms. The van der Waals surface area contributed by atoms with Gasteiger partial charge in [0.1, 0.15) is 5.82 Å². The van der Waals surface area contributed by atoms with Gasteiger partial charge in [-0.05, 0) is 31.6 Å². The molecule has 158 valence electrons. The fourth-order valence-electron chi connectivity index (χ4n) is 2.71. The number of nitrogens with one attached hydrogen (secondary N) is 2. The van der Waals surface area contributed by atoms with E-state index >= 15 is 0 Å². The second-order valence-corrected chi connectivity index (χ2v) is 7.55. The number of aliphatic imine (C=N–C) groups is 1. The first-order chi connectivity index (χ1) is 13.0. The topological polar surface area (TPSA) is 84.9 Å². The normalized spacial score (nSPS) is 11.6. The minimum atomic E-state index is 0. The number of hydrogen-bond acceptors (Lipinski definition) is 5. The van der Waals surface area contributed by atoms with Gasteiger partial charge in [-0.2, -0.15) is 5.10 Å². The Morgan fingerprint density at radius 2 is 2.07 bits per heavy atom. The van der Waals surface area contributed by atoms with Crippen molar-refractivity contribution in [1.29, 1.82) is 0 Å². The molecule has 0 atom stereocenters. The maximum Gasteiger partial charge on any atom is 0.191 e. The van der Waals surface area contributed by atoms with Crippen molar-refractivity contribution in [3.05, 3.63) is 23.8 Å². The van der Waals surface area contributed by atoms with Crippen molar-refractivity contribution in [2.45, 2.75) is 51.9 Å². The smallest absolute Gasteiger partial charge is 0.191 e. The molecule has 0 spiro atoms. The van der Waals surface area contributed by atoms with E-state index in [9.17, 15) is 0 Å². The van der Waals surface area contributed by atoms with E-state index in [-0.39, 0.29) is 24.0 Å². The highest BCUT2D eigenvalue weighted by molar-refractivity contribution is 14.0. The van der Waals surface area contributed by atoms with Crippen LogP contribution in [0.4, 0.5) is 0 Å². The molecule has 0 aromatic carbocycles. The third-order valence-electron chi connectivity index (χ3n) is 4.06. The molecule has 2 aromatic rings. The van der Waals surface area contributed by atoms with E-state index < -0.39 is 0 Å². The minimum absolute atomic E-state index is 0. The highest BCUT2D eigenvalue weighted by Gasteiger charge is 2.12. The summed E-state index contributed by atoms with van der Waals surface area (Å²) < 4.78 is 4.09. The monoisotopic (exact) mass is 520 g/mol. The largest absolute Gasteiger partial charge is 0.357 e. The van der Waals surface area contributed by atoms with Crippen LogP contribution in [0.3, 0.4) is 0 Å². The molecule has 0 saturated heterocycles. The second-order valence-electron chi connectivity index (χ2n) is 6.78. The molecular weight excluding hydrogens is 487 g/mol. The van der Waals surface area contributed by atoms with Crippen LogP contribution in [0.25, 0.3) is 0 Å². The van der Waals surface area contributed by atoms with Crippen LogP contribution in [-0.4, -0.2) is 49.8 Å². The van der Waals surface area contributed by atoms with E-state index in [0.29, 0.717) is 12.5 Å². The molecule has 0 fully saturated rings. The lowest BCUT2D eigenvalue weighted by atomic mass is 10.2. The number of halogens is 1. The van der Waals surface area contributed by atoms with Crippen LogP contribution in [0, 0.1) is 5.92 Å². The van der Waals surface area contributed by atoms with Gasteiger partial charge in [-0.15, -0.1) is 34.2 Å². The number of rotatable bonds is 10. The quantitative estimate of drug-likeness (QED) is 0.165. The number of hydrogen-bond donors (Lipinski definition) is 2. The van der Waals surface area contributed by atoms with E-state index in [1.54, 1.807) is 18.0 Å². The van der Waals surface area contributed by atoms with Crippen molar-refractivity contribution in [1.82, 2.24) is 35.2 Å². The van der Waals surface area contributed by atoms with Gasteiger partial charge < -0.3 is 15.2 Å². The van der Waals surface area contributed by atoms with E-state index in [1.807, 2.05) is 24.1 Å². The molecule has 2 heterocycles. The summed E-state index contributed by atoms with van der Waals surface area (Å²) in [4.78, 5) is 4.63. The van der Waals surface area contributed by atoms with Crippen LogP contribution >= 0.6 is 35.7 Å². The van der Waals surface area contributed by atoms with Crippen molar-refractivity contribution in [2.75, 3.05) is 19.3 Å². The molecule has 0 saturated carbocycles. The molecule has 8 nitrogen and oxygen atoms in total. The van der Waals surface area contributed by atoms with Gasteiger partial charge in [0.05, 0.1) is 12.2 Å². The summed E-state index contributed by atoms with van der Waals surface area (Å²) in [6, 6.07) is 1.98. The lowest BCUT2D eigenvalue weighted by Crippen LogP contribution is -2.38. The van der Waals surface area contributed by atoms with Gasteiger partial charge in [-0.1, -0.05) is 25.6 Å².